The standard InChI is InChI=1S/C18H20FNO4S/c1-23-15-8-9-17(24-2)18(12-15)25(21,22)20-10-4-7-16(20)13-5-3-6-14(19)11-13/h3,5-6,8-9,11-12,16H,4,7,10H2,1-2H3/t16-/m0/s1. The number of halogens is 1. The van der Waals surface area contributed by atoms with Gasteiger partial charge in [0.15, 0.2) is 0 Å². The lowest BCUT2D eigenvalue weighted by molar-refractivity contribution is 0.375. The summed E-state index contributed by atoms with van der Waals surface area (Å²) in [5.74, 6) is 0.312. The molecule has 0 saturated carbocycles. The van der Waals surface area contributed by atoms with E-state index in [9.17, 15) is 12.8 Å². The number of sulfonamides is 1. The van der Waals surface area contributed by atoms with Gasteiger partial charge < -0.3 is 9.47 Å². The summed E-state index contributed by atoms with van der Waals surface area (Å²) in [7, 11) is -0.917. The van der Waals surface area contributed by atoms with E-state index in [1.54, 1.807) is 24.3 Å². The van der Waals surface area contributed by atoms with Crippen LogP contribution >= 0.6 is 0 Å². The van der Waals surface area contributed by atoms with Gasteiger partial charge in [-0.05, 0) is 42.7 Å². The van der Waals surface area contributed by atoms with Crippen LogP contribution in [0.1, 0.15) is 24.4 Å². The molecule has 134 valence electrons. The molecule has 0 N–H and O–H groups in total. The van der Waals surface area contributed by atoms with E-state index in [0.29, 0.717) is 30.7 Å². The van der Waals surface area contributed by atoms with Crippen molar-refractivity contribution in [3.63, 3.8) is 0 Å². The fraction of sp³-hybridized carbons (Fsp3) is 0.333. The maximum Gasteiger partial charge on any atom is 0.247 e. The lowest BCUT2D eigenvalue weighted by Crippen LogP contribution is -2.31. The number of benzene rings is 2. The second-order valence-electron chi connectivity index (χ2n) is 5.85. The first kappa shape index (κ1) is 17.7. The molecule has 0 radical (unpaired) electrons. The van der Waals surface area contributed by atoms with Gasteiger partial charge in [0, 0.05) is 12.6 Å². The molecule has 1 fully saturated rings. The van der Waals surface area contributed by atoms with Crippen LogP contribution in [0.25, 0.3) is 0 Å². The highest BCUT2D eigenvalue weighted by Gasteiger charge is 2.38. The van der Waals surface area contributed by atoms with Crippen LogP contribution in [0.3, 0.4) is 0 Å². The van der Waals surface area contributed by atoms with E-state index in [-0.39, 0.29) is 16.5 Å². The molecule has 7 heteroatoms. The van der Waals surface area contributed by atoms with Crippen molar-refractivity contribution in [2.45, 2.75) is 23.8 Å². The molecule has 2 aromatic rings. The fourth-order valence-corrected chi connectivity index (χ4v) is 5.04. The van der Waals surface area contributed by atoms with Crippen molar-refractivity contribution in [2.75, 3.05) is 20.8 Å². The number of hydrogen-bond donors (Lipinski definition) is 0. The average molecular weight is 365 g/mol. The van der Waals surface area contributed by atoms with Crippen molar-refractivity contribution in [1.29, 1.82) is 0 Å². The molecule has 2 aromatic carbocycles. The van der Waals surface area contributed by atoms with Gasteiger partial charge in [-0.1, -0.05) is 12.1 Å². The Bertz CT molecular complexity index is 869. The SMILES string of the molecule is COc1ccc(OC)c(S(=O)(=O)N2CCC[C@H]2c2cccc(F)c2)c1. The molecule has 1 aliphatic rings. The van der Waals surface area contributed by atoms with E-state index >= 15 is 0 Å². The maximum absolute atomic E-state index is 13.6. The number of nitrogens with zero attached hydrogens (tertiary/aromatic N) is 1. The minimum absolute atomic E-state index is 0.0534. The molecule has 1 aliphatic heterocycles. The molecular weight excluding hydrogens is 345 g/mol. The highest BCUT2D eigenvalue weighted by molar-refractivity contribution is 7.89. The third-order valence-corrected chi connectivity index (χ3v) is 6.32. The second-order valence-corrected chi connectivity index (χ2v) is 7.70. The van der Waals surface area contributed by atoms with Crippen molar-refractivity contribution < 1.29 is 22.3 Å². The van der Waals surface area contributed by atoms with E-state index in [1.807, 2.05) is 0 Å². The molecule has 1 saturated heterocycles. The minimum Gasteiger partial charge on any atom is -0.497 e. The van der Waals surface area contributed by atoms with Gasteiger partial charge in [-0.15, -0.1) is 0 Å². The summed E-state index contributed by atoms with van der Waals surface area (Å²) in [4.78, 5) is 0.0534. The largest absolute Gasteiger partial charge is 0.497 e. The first-order chi connectivity index (χ1) is 12.0. The van der Waals surface area contributed by atoms with Gasteiger partial charge in [-0.25, -0.2) is 12.8 Å². The lowest BCUT2D eigenvalue weighted by atomic mass is 10.1. The van der Waals surface area contributed by atoms with Crippen LogP contribution in [0.2, 0.25) is 0 Å². The summed E-state index contributed by atoms with van der Waals surface area (Å²) in [6, 6.07) is 10.4. The van der Waals surface area contributed by atoms with E-state index in [1.165, 1.54) is 36.7 Å². The summed E-state index contributed by atoms with van der Waals surface area (Å²) < 4.78 is 51.9. The number of methoxy groups -OCH3 is 2. The highest BCUT2D eigenvalue weighted by atomic mass is 32.2. The van der Waals surface area contributed by atoms with Crippen LogP contribution in [-0.4, -0.2) is 33.5 Å². The van der Waals surface area contributed by atoms with E-state index in [4.69, 9.17) is 9.47 Å². The van der Waals surface area contributed by atoms with E-state index in [0.717, 1.165) is 0 Å². The molecule has 5 nitrogen and oxygen atoms in total. The Morgan fingerprint density at radius 3 is 2.60 bits per heavy atom. The van der Waals surface area contributed by atoms with Crippen LogP contribution in [0.4, 0.5) is 4.39 Å². The molecular formula is C18H20FNO4S. The van der Waals surface area contributed by atoms with Crippen LogP contribution in [-0.2, 0) is 10.0 Å². The number of ether oxygens (including phenoxy) is 2. The van der Waals surface area contributed by atoms with Crippen molar-refractivity contribution in [3.05, 3.63) is 53.8 Å². The van der Waals surface area contributed by atoms with Crippen LogP contribution in [0.15, 0.2) is 47.4 Å². The summed E-state index contributed by atoms with van der Waals surface area (Å²) >= 11 is 0. The predicted molar refractivity (Wildman–Crippen MR) is 91.8 cm³/mol. The van der Waals surface area contributed by atoms with E-state index in [2.05, 4.69) is 0 Å². The molecule has 0 bridgehead atoms. The monoisotopic (exact) mass is 365 g/mol. The molecule has 0 aliphatic carbocycles. The highest BCUT2D eigenvalue weighted by Crippen LogP contribution is 2.39. The molecule has 1 heterocycles. The third kappa shape index (κ3) is 3.34. The lowest BCUT2D eigenvalue weighted by Gasteiger charge is -2.25. The van der Waals surface area contributed by atoms with Gasteiger partial charge >= 0.3 is 0 Å². The van der Waals surface area contributed by atoms with Gasteiger partial charge in [0.25, 0.3) is 0 Å². The third-order valence-electron chi connectivity index (χ3n) is 4.39. The minimum atomic E-state index is -3.82. The summed E-state index contributed by atoms with van der Waals surface area (Å²) in [6.07, 6.45) is 1.36. The van der Waals surface area contributed by atoms with Crippen molar-refractivity contribution >= 4 is 10.0 Å². The van der Waals surface area contributed by atoms with Crippen molar-refractivity contribution in [1.82, 2.24) is 4.31 Å². The Labute approximate surface area is 147 Å². The molecule has 0 unspecified atom stereocenters. The van der Waals surface area contributed by atoms with Gasteiger partial charge in [0.2, 0.25) is 10.0 Å². The summed E-state index contributed by atoms with van der Waals surface area (Å²) in [5.41, 5.74) is 0.655. The van der Waals surface area contributed by atoms with E-state index < -0.39 is 16.1 Å². The zero-order chi connectivity index (χ0) is 18.0. The zero-order valence-electron chi connectivity index (χ0n) is 14.1. The normalized spacial score (nSPS) is 18.3. The van der Waals surface area contributed by atoms with Crippen LogP contribution in [0, 0.1) is 5.82 Å². The van der Waals surface area contributed by atoms with Gasteiger partial charge in [-0.2, -0.15) is 4.31 Å². The molecule has 1 atom stereocenters. The second kappa shape index (κ2) is 7.01. The number of rotatable bonds is 5. The molecule has 0 amide bonds. The average Bonchev–Trinajstić information content (AvgIpc) is 3.12. The zero-order valence-corrected chi connectivity index (χ0v) is 14.9. The Hall–Kier alpha value is -2.12. The van der Waals surface area contributed by atoms with Crippen molar-refractivity contribution in [3.8, 4) is 11.5 Å². The van der Waals surface area contributed by atoms with Crippen LogP contribution in [0.5, 0.6) is 11.5 Å². The van der Waals surface area contributed by atoms with Gasteiger partial charge in [-0.3, -0.25) is 0 Å². The number of hydrogen-bond acceptors (Lipinski definition) is 4. The van der Waals surface area contributed by atoms with Gasteiger partial charge in [0.1, 0.15) is 22.2 Å². The van der Waals surface area contributed by atoms with Crippen molar-refractivity contribution in [2.24, 2.45) is 0 Å². The Morgan fingerprint density at radius 2 is 1.92 bits per heavy atom. The Kier molecular flexibility index (Phi) is 4.96. The molecule has 25 heavy (non-hydrogen) atoms. The Balaban J connectivity index is 2.04. The smallest absolute Gasteiger partial charge is 0.247 e. The Morgan fingerprint density at radius 1 is 1.12 bits per heavy atom. The van der Waals surface area contributed by atoms with Gasteiger partial charge in [0.05, 0.1) is 20.3 Å². The molecule has 0 spiro atoms. The fourth-order valence-electron chi connectivity index (χ4n) is 3.19. The first-order valence-electron chi connectivity index (χ1n) is 7.96. The topological polar surface area (TPSA) is 55.8 Å². The molecule has 0 aromatic heterocycles. The first-order valence-corrected chi connectivity index (χ1v) is 9.40. The quantitative estimate of drug-likeness (QED) is 0.815. The summed E-state index contributed by atoms with van der Waals surface area (Å²) in [5, 5.41) is 0. The maximum atomic E-state index is 13.6. The summed E-state index contributed by atoms with van der Waals surface area (Å²) in [6.45, 7) is 0.379. The predicted octanol–water partition coefficient (Wildman–Crippen LogP) is 3.37. The molecule has 3 rings (SSSR count). The van der Waals surface area contributed by atoms with Crippen LogP contribution < -0.4 is 9.47 Å².